The Hall–Kier alpha value is -3.44. The number of nitriles is 1. The molecule has 1 aromatic carbocycles. The van der Waals surface area contributed by atoms with Crippen molar-refractivity contribution in [2.24, 2.45) is 0 Å². The maximum atomic E-state index is 9.19. The summed E-state index contributed by atoms with van der Waals surface area (Å²) in [4.78, 5) is 8.27. The minimum atomic E-state index is 0.475. The van der Waals surface area contributed by atoms with Crippen LogP contribution in [0.15, 0.2) is 42.9 Å². The summed E-state index contributed by atoms with van der Waals surface area (Å²) in [6.45, 7) is 1.98. The summed E-state index contributed by atoms with van der Waals surface area (Å²) < 4.78 is 1.82. The van der Waals surface area contributed by atoms with Crippen LogP contribution in [0.2, 0.25) is 0 Å². The van der Waals surface area contributed by atoms with Gasteiger partial charge in [0.25, 0.3) is 0 Å². The molecule has 0 unspecified atom stereocenters. The Morgan fingerprint density at radius 1 is 1.12 bits per heavy atom. The van der Waals surface area contributed by atoms with Crippen LogP contribution < -0.4 is 0 Å². The second-order valence-corrected chi connectivity index (χ2v) is 6.14. The molecule has 3 aromatic rings. The van der Waals surface area contributed by atoms with Crippen molar-refractivity contribution in [1.29, 1.82) is 5.26 Å². The molecule has 4 rings (SSSR count). The third-order valence-electron chi connectivity index (χ3n) is 4.04. The molecule has 0 bridgehead atoms. The number of aromatic nitrogens is 4. The smallest absolute Gasteiger partial charge is 0.205 e. The molecule has 1 saturated carbocycles. The maximum Gasteiger partial charge on any atom is 0.205 e. The van der Waals surface area contributed by atoms with E-state index in [4.69, 9.17) is 5.10 Å². The highest BCUT2D eigenvalue weighted by Crippen LogP contribution is 2.40. The van der Waals surface area contributed by atoms with Gasteiger partial charge in [-0.05, 0) is 55.5 Å². The van der Waals surface area contributed by atoms with E-state index < -0.39 is 0 Å². The van der Waals surface area contributed by atoms with E-state index in [1.807, 2.05) is 36.0 Å². The quantitative estimate of drug-likeness (QED) is 0.679. The van der Waals surface area contributed by atoms with E-state index in [1.165, 1.54) is 0 Å². The van der Waals surface area contributed by atoms with Crippen LogP contribution in [0.5, 0.6) is 0 Å². The normalized spacial score (nSPS) is 13.0. The van der Waals surface area contributed by atoms with Crippen molar-refractivity contribution in [3.05, 3.63) is 71.1 Å². The van der Waals surface area contributed by atoms with E-state index in [2.05, 4.69) is 27.9 Å². The van der Waals surface area contributed by atoms with Gasteiger partial charge < -0.3 is 0 Å². The molecule has 5 nitrogen and oxygen atoms in total. The first-order valence-corrected chi connectivity index (χ1v) is 8.14. The predicted molar refractivity (Wildman–Crippen MR) is 93.0 cm³/mol. The molecule has 0 aliphatic heterocycles. The zero-order valence-electron chi connectivity index (χ0n) is 13.8. The lowest BCUT2D eigenvalue weighted by atomic mass is 10.1. The molecule has 1 aliphatic carbocycles. The largest absolute Gasteiger partial charge is 0.239 e. The highest BCUT2D eigenvalue weighted by Gasteiger charge is 2.29. The second kappa shape index (κ2) is 6.22. The Morgan fingerprint density at radius 2 is 1.92 bits per heavy atom. The lowest BCUT2D eigenvalue weighted by Crippen LogP contribution is -1.97. The standard InChI is InChI=1S/C20H15N5/c1-14-9-15(12-21)11-18(10-14)25-13-17(20(24-25)16-3-4-16)5-6-19-22-7-2-8-23-19/h2,7-11,13,16H,3-4H2,1H3. The number of nitrogens with zero attached hydrogens (tertiary/aromatic N) is 5. The van der Waals surface area contributed by atoms with Crippen molar-refractivity contribution in [1.82, 2.24) is 19.7 Å². The van der Waals surface area contributed by atoms with Crippen molar-refractivity contribution in [2.75, 3.05) is 0 Å². The first-order chi connectivity index (χ1) is 12.2. The number of aryl methyl sites for hydroxylation is 1. The van der Waals surface area contributed by atoms with E-state index in [0.717, 1.165) is 35.3 Å². The Balaban J connectivity index is 1.76. The number of benzene rings is 1. The van der Waals surface area contributed by atoms with Gasteiger partial charge in [-0.2, -0.15) is 10.4 Å². The molecule has 0 saturated heterocycles. The van der Waals surface area contributed by atoms with Gasteiger partial charge in [-0.3, -0.25) is 0 Å². The molecule has 0 atom stereocenters. The topological polar surface area (TPSA) is 67.4 Å². The van der Waals surface area contributed by atoms with Crippen molar-refractivity contribution in [2.45, 2.75) is 25.7 Å². The van der Waals surface area contributed by atoms with Crippen molar-refractivity contribution < 1.29 is 0 Å². The van der Waals surface area contributed by atoms with Gasteiger partial charge in [0.2, 0.25) is 5.82 Å². The van der Waals surface area contributed by atoms with E-state index in [0.29, 0.717) is 17.3 Å². The molecule has 2 aromatic heterocycles. The number of hydrogen-bond acceptors (Lipinski definition) is 4. The van der Waals surface area contributed by atoms with Crippen LogP contribution in [-0.2, 0) is 0 Å². The summed E-state index contributed by atoms with van der Waals surface area (Å²) >= 11 is 0. The zero-order valence-corrected chi connectivity index (χ0v) is 13.8. The summed E-state index contributed by atoms with van der Waals surface area (Å²) in [6.07, 6.45) is 7.58. The molecule has 0 N–H and O–H groups in total. The van der Waals surface area contributed by atoms with Crippen LogP contribution in [-0.4, -0.2) is 19.7 Å². The van der Waals surface area contributed by atoms with Gasteiger partial charge in [-0.1, -0.05) is 5.92 Å². The lowest BCUT2D eigenvalue weighted by molar-refractivity contribution is 0.836. The van der Waals surface area contributed by atoms with Crippen LogP contribution in [0, 0.1) is 30.1 Å². The average molecular weight is 325 g/mol. The minimum Gasteiger partial charge on any atom is -0.239 e. The van der Waals surface area contributed by atoms with Crippen LogP contribution in [0.1, 0.15) is 47.0 Å². The molecule has 1 fully saturated rings. The second-order valence-electron chi connectivity index (χ2n) is 6.14. The summed E-state index contributed by atoms with van der Waals surface area (Å²) in [6, 6.07) is 9.68. The molecule has 120 valence electrons. The molecule has 5 heteroatoms. The summed E-state index contributed by atoms with van der Waals surface area (Å²) in [5.74, 6) is 7.14. The minimum absolute atomic E-state index is 0.475. The van der Waals surface area contributed by atoms with Crippen molar-refractivity contribution >= 4 is 0 Å². The van der Waals surface area contributed by atoms with E-state index in [9.17, 15) is 5.26 Å². The third-order valence-corrected chi connectivity index (χ3v) is 4.04. The van der Waals surface area contributed by atoms with Gasteiger partial charge in [-0.25, -0.2) is 14.6 Å². The SMILES string of the molecule is Cc1cc(C#N)cc(-n2cc(C#Cc3ncccn3)c(C3CC3)n2)c1. The highest BCUT2D eigenvalue weighted by atomic mass is 15.3. The van der Waals surface area contributed by atoms with Crippen molar-refractivity contribution in [3.8, 4) is 23.6 Å². The van der Waals surface area contributed by atoms with Crippen LogP contribution >= 0.6 is 0 Å². The van der Waals surface area contributed by atoms with Gasteiger partial charge in [0.1, 0.15) is 0 Å². The predicted octanol–water partition coefficient (Wildman–Crippen LogP) is 3.12. The maximum absolute atomic E-state index is 9.19. The Kier molecular flexibility index (Phi) is 3.76. The summed E-state index contributed by atoms with van der Waals surface area (Å²) in [5, 5.41) is 13.9. The fourth-order valence-electron chi connectivity index (χ4n) is 2.72. The molecule has 25 heavy (non-hydrogen) atoms. The van der Waals surface area contributed by atoms with Gasteiger partial charge in [-0.15, -0.1) is 0 Å². The summed E-state index contributed by atoms with van der Waals surface area (Å²) in [5.41, 5.74) is 4.45. The molecule has 1 aliphatic rings. The monoisotopic (exact) mass is 325 g/mol. The van der Waals surface area contributed by atoms with Crippen LogP contribution in [0.3, 0.4) is 0 Å². The van der Waals surface area contributed by atoms with E-state index >= 15 is 0 Å². The fraction of sp³-hybridized carbons (Fsp3) is 0.200. The zero-order chi connectivity index (χ0) is 17.2. The van der Waals surface area contributed by atoms with Gasteiger partial charge >= 0.3 is 0 Å². The molecular formula is C20H15N5. The van der Waals surface area contributed by atoms with E-state index in [1.54, 1.807) is 18.5 Å². The first kappa shape index (κ1) is 15.1. The molecular weight excluding hydrogens is 310 g/mol. The Morgan fingerprint density at radius 3 is 2.64 bits per heavy atom. The van der Waals surface area contributed by atoms with Crippen LogP contribution in [0.4, 0.5) is 0 Å². The van der Waals surface area contributed by atoms with Gasteiger partial charge in [0, 0.05) is 24.5 Å². The number of rotatable bonds is 2. The molecule has 0 radical (unpaired) electrons. The lowest BCUT2D eigenvalue weighted by Gasteiger charge is -2.03. The molecule has 0 amide bonds. The highest BCUT2D eigenvalue weighted by molar-refractivity contribution is 5.48. The number of hydrogen-bond donors (Lipinski definition) is 0. The van der Waals surface area contributed by atoms with Crippen LogP contribution in [0.25, 0.3) is 5.69 Å². The Labute approximate surface area is 146 Å². The summed E-state index contributed by atoms with van der Waals surface area (Å²) in [7, 11) is 0. The van der Waals surface area contributed by atoms with E-state index in [-0.39, 0.29) is 0 Å². The van der Waals surface area contributed by atoms with Gasteiger partial charge in [0.05, 0.1) is 28.6 Å². The first-order valence-electron chi connectivity index (χ1n) is 8.14. The van der Waals surface area contributed by atoms with Crippen molar-refractivity contribution in [3.63, 3.8) is 0 Å². The van der Waals surface area contributed by atoms with Gasteiger partial charge in [0.15, 0.2) is 0 Å². The third kappa shape index (κ3) is 3.27. The molecule has 2 heterocycles. The Bertz CT molecular complexity index is 1030. The fourth-order valence-corrected chi connectivity index (χ4v) is 2.72. The molecule has 0 spiro atoms. The average Bonchev–Trinajstić information content (AvgIpc) is 3.39.